The van der Waals surface area contributed by atoms with Crippen molar-refractivity contribution < 1.29 is 14.4 Å². The molecule has 1 heterocycles. The number of imide groups is 1. The van der Waals surface area contributed by atoms with Crippen LogP contribution in [0.2, 0.25) is 0 Å². The molecule has 1 N–H and O–H groups in total. The monoisotopic (exact) mass is 433 g/mol. The van der Waals surface area contributed by atoms with E-state index in [1.807, 2.05) is 43.3 Å². The zero-order chi connectivity index (χ0) is 22.7. The fourth-order valence-corrected chi connectivity index (χ4v) is 4.71. The van der Waals surface area contributed by atoms with Gasteiger partial charge >= 0.3 is 6.03 Å². The molecule has 32 heavy (non-hydrogen) atoms. The first kappa shape index (κ1) is 22.1. The number of hydrogen-bond donors (Lipinski definition) is 1. The summed E-state index contributed by atoms with van der Waals surface area (Å²) in [6.45, 7) is 4.04. The van der Waals surface area contributed by atoms with Gasteiger partial charge in [-0.3, -0.25) is 9.59 Å². The summed E-state index contributed by atoms with van der Waals surface area (Å²) in [5.41, 5.74) is 3.51. The van der Waals surface area contributed by atoms with Crippen LogP contribution in [0.15, 0.2) is 48.5 Å². The number of carbonyl (C=O) groups is 3. The number of urea groups is 1. The SMILES string of the molecule is CCc1ccc(NC(=O)C[C@@H]2C(=O)N(c3ccc(C)cc3)C(=O)N2C2CCCCC2)cc1. The highest BCUT2D eigenvalue weighted by Gasteiger charge is 2.49. The standard InChI is InChI=1S/C26H31N3O3/c1-3-19-11-13-20(14-12-19)27-24(30)17-23-25(31)29(22-15-9-18(2)10-16-22)26(32)28(23)21-7-5-4-6-8-21/h9-16,21,23H,3-8,17H2,1-2H3,(H,27,30)/t23-/m1/s1. The molecule has 0 unspecified atom stereocenters. The maximum atomic E-state index is 13.4. The smallest absolute Gasteiger partial charge is 0.326 e. The number of rotatable bonds is 6. The number of nitrogens with zero attached hydrogens (tertiary/aromatic N) is 2. The summed E-state index contributed by atoms with van der Waals surface area (Å²) in [6, 6.07) is 14.0. The van der Waals surface area contributed by atoms with Crippen LogP contribution in [0.1, 0.15) is 56.6 Å². The molecule has 2 fully saturated rings. The molecule has 168 valence electrons. The van der Waals surface area contributed by atoms with Crippen molar-refractivity contribution in [1.82, 2.24) is 4.90 Å². The van der Waals surface area contributed by atoms with Crippen LogP contribution in [-0.2, 0) is 16.0 Å². The van der Waals surface area contributed by atoms with Crippen LogP contribution in [0.5, 0.6) is 0 Å². The summed E-state index contributed by atoms with van der Waals surface area (Å²) in [6.07, 6.45) is 5.85. The van der Waals surface area contributed by atoms with Gasteiger partial charge in [0.15, 0.2) is 0 Å². The second kappa shape index (κ2) is 9.55. The lowest BCUT2D eigenvalue weighted by Crippen LogP contribution is -2.45. The number of carbonyl (C=O) groups excluding carboxylic acids is 3. The van der Waals surface area contributed by atoms with Crippen molar-refractivity contribution in [2.45, 2.75) is 70.9 Å². The van der Waals surface area contributed by atoms with Gasteiger partial charge in [0.25, 0.3) is 5.91 Å². The summed E-state index contributed by atoms with van der Waals surface area (Å²) >= 11 is 0. The van der Waals surface area contributed by atoms with Gasteiger partial charge in [-0.1, -0.05) is 56.0 Å². The van der Waals surface area contributed by atoms with Crippen molar-refractivity contribution in [2.75, 3.05) is 10.2 Å². The minimum Gasteiger partial charge on any atom is -0.326 e. The van der Waals surface area contributed by atoms with Crippen LogP contribution in [0, 0.1) is 6.92 Å². The van der Waals surface area contributed by atoms with Crippen LogP contribution in [0.3, 0.4) is 0 Å². The Labute approximate surface area is 189 Å². The van der Waals surface area contributed by atoms with Crippen LogP contribution < -0.4 is 10.2 Å². The van der Waals surface area contributed by atoms with E-state index >= 15 is 0 Å². The first-order chi connectivity index (χ1) is 15.5. The average Bonchev–Trinajstić information content (AvgIpc) is 3.04. The highest BCUT2D eigenvalue weighted by atomic mass is 16.2. The van der Waals surface area contributed by atoms with E-state index in [4.69, 9.17) is 0 Å². The van der Waals surface area contributed by atoms with Gasteiger partial charge in [-0.05, 0) is 56.0 Å². The topological polar surface area (TPSA) is 69.7 Å². The molecule has 4 amide bonds. The molecule has 4 rings (SSSR count). The van der Waals surface area contributed by atoms with Gasteiger partial charge < -0.3 is 10.2 Å². The van der Waals surface area contributed by atoms with Crippen molar-refractivity contribution >= 4 is 29.2 Å². The second-order valence-corrected chi connectivity index (χ2v) is 8.81. The van der Waals surface area contributed by atoms with Gasteiger partial charge in [-0.15, -0.1) is 0 Å². The molecule has 1 saturated heterocycles. The van der Waals surface area contributed by atoms with E-state index in [1.54, 1.807) is 17.0 Å². The largest absolute Gasteiger partial charge is 0.332 e. The van der Waals surface area contributed by atoms with Crippen molar-refractivity contribution in [2.24, 2.45) is 0 Å². The molecule has 1 atom stereocenters. The van der Waals surface area contributed by atoms with Crippen molar-refractivity contribution in [1.29, 1.82) is 0 Å². The summed E-state index contributed by atoms with van der Waals surface area (Å²) in [5, 5.41) is 2.89. The molecular weight excluding hydrogens is 402 g/mol. The number of benzene rings is 2. The molecule has 2 aliphatic rings. The van der Waals surface area contributed by atoms with Crippen LogP contribution >= 0.6 is 0 Å². The van der Waals surface area contributed by atoms with Crippen molar-refractivity contribution in [3.8, 4) is 0 Å². The van der Waals surface area contributed by atoms with Crippen molar-refractivity contribution in [3.05, 3.63) is 59.7 Å². The lowest BCUT2D eigenvalue weighted by Gasteiger charge is -2.33. The number of amides is 4. The van der Waals surface area contributed by atoms with E-state index in [1.165, 1.54) is 10.5 Å². The van der Waals surface area contributed by atoms with Gasteiger partial charge in [0, 0.05) is 11.7 Å². The molecule has 6 nitrogen and oxygen atoms in total. The van der Waals surface area contributed by atoms with E-state index in [-0.39, 0.29) is 30.3 Å². The van der Waals surface area contributed by atoms with Gasteiger partial charge in [-0.25, -0.2) is 9.69 Å². The number of hydrogen-bond acceptors (Lipinski definition) is 3. The third-order valence-corrected chi connectivity index (χ3v) is 6.54. The molecule has 0 aromatic heterocycles. The molecule has 2 aromatic carbocycles. The van der Waals surface area contributed by atoms with E-state index in [0.717, 1.165) is 44.1 Å². The molecule has 0 spiro atoms. The molecule has 1 aliphatic heterocycles. The van der Waals surface area contributed by atoms with E-state index in [9.17, 15) is 14.4 Å². The van der Waals surface area contributed by atoms with Crippen molar-refractivity contribution in [3.63, 3.8) is 0 Å². The highest BCUT2D eigenvalue weighted by molar-refractivity contribution is 6.22. The Morgan fingerprint density at radius 2 is 1.62 bits per heavy atom. The maximum Gasteiger partial charge on any atom is 0.332 e. The van der Waals surface area contributed by atoms with Gasteiger partial charge in [0.05, 0.1) is 12.1 Å². The van der Waals surface area contributed by atoms with Crippen LogP contribution in [-0.4, -0.2) is 34.8 Å². The lowest BCUT2D eigenvalue weighted by molar-refractivity contribution is -0.125. The molecule has 6 heteroatoms. The molecule has 1 saturated carbocycles. The first-order valence-corrected chi connectivity index (χ1v) is 11.6. The lowest BCUT2D eigenvalue weighted by atomic mass is 9.93. The Balaban J connectivity index is 1.56. The maximum absolute atomic E-state index is 13.4. The molecule has 1 aliphatic carbocycles. The third-order valence-electron chi connectivity index (χ3n) is 6.54. The summed E-state index contributed by atoms with van der Waals surface area (Å²) in [7, 11) is 0. The average molecular weight is 434 g/mol. The Hall–Kier alpha value is -3.15. The minimum absolute atomic E-state index is 0.00251. The van der Waals surface area contributed by atoms with Crippen LogP contribution in [0.4, 0.5) is 16.2 Å². The summed E-state index contributed by atoms with van der Waals surface area (Å²) < 4.78 is 0. The number of anilines is 2. The second-order valence-electron chi connectivity index (χ2n) is 8.81. The third kappa shape index (κ3) is 4.54. The highest BCUT2D eigenvalue weighted by Crippen LogP contribution is 2.33. The van der Waals surface area contributed by atoms with E-state index in [2.05, 4.69) is 12.2 Å². The summed E-state index contributed by atoms with van der Waals surface area (Å²) in [5.74, 6) is -0.576. The van der Waals surface area contributed by atoms with Gasteiger partial charge in [0.1, 0.15) is 6.04 Å². The number of nitrogens with one attached hydrogen (secondary N) is 1. The fraction of sp³-hybridized carbons (Fsp3) is 0.423. The zero-order valence-corrected chi connectivity index (χ0v) is 18.8. The minimum atomic E-state index is -0.776. The normalized spacial score (nSPS) is 19.5. The Morgan fingerprint density at radius 1 is 0.969 bits per heavy atom. The Kier molecular flexibility index (Phi) is 6.58. The number of aryl methyl sites for hydroxylation is 2. The molecule has 0 radical (unpaired) electrons. The van der Waals surface area contributed by atoms with E-state index in [0.29, 0.717) is 11.4 Å². The quantitative estimate of drug-likeness (QED) is 0.648. The Morgan fingerprint density at radius 3 is 2.25 bits per heavy atom. The fourth-order valence-electron chi connectivity index (χ4n) is 4.71. The van der Waals surface area contributed by atoms with Gasteiger partial charge in [-0.2, -0.15) is 0 Å². The Bertz CT molecular complexity index is 978. The van der Waals surface area contributed by atoms with Gasteiger partial charge in [0.2, 0.25) is 5.91 Å². The van der Waals surface area contributed by atoms with E-state index < -0.39 is 6.04 Å². The van der Waals surface area contributed by atoms with Crippen LogP contribution in [0.25, 0.3) is 0 Å². The molecule has 0 bridgehead atoms. The first-order valence-electron chi connectivity index (χ1n) is 11.6. The predicted octanol–water partition coefficient (Wildman–Crippen LogP) is 5.06. The zero-order valence-electron chi connectivity index (χ0n) is 18.8. The summed E-state index contributed by atoms with van der Waals surface area (Å²) in [4.78, 5) is 42.6. The molecular formula is C26H31N3O3. The molecule has 2 aromatic rings. The predicted molar refractivity (Wildman–Crippen MR) is 126 cm³/mol.